The normalized spacial score (nSPS) is 33.5. The van der Waals surface area contributed by atoms with Crippen LogP contribution in [0.4, 0.5) is 0 Å². The van der Waals surface area contributed by atoms with E-state index in [0.29, 0.717) is 5.39 Å². The molecule has 2 aromatic rings. The SMILES string of the molecule is CC1(Oc2ccc3ccc(=O)oc3c2)O[C@H](CO)[C@@H](O)[C@H](O)[C@H]1O. The second kappa shape index (κ2) is 6.15. The third-order valence-electron chi connectivity index (χ3n) is 4.07. The molecule has 1 unspecified atom stereocenters. The lowest BCUT2D eigenvalue weighted by Gasteiger charge is -2.46. The minimum absolute atomic E-state index is 0.221. The highest BCUT2D eigenvalue weighted by molar-refractivity contribution is 5.77. The molecule has 2 heterocycles. The Morgan fingerprint density at radius 1 is 1.17 bits per heavy atom. The molecule has 0 saturated carbocycles. The first-order valence-electron chi connectivity index (χ1n) is 7.40. The Kier molecular flexibility index (Phi) is 4.33. The largest absolute Gasteiger partial charge is 0.460 e. The zero-order valence-corrected chi connectivity index (χ0v) is 12.8. The second-order valence-corrected chi connectivity index (χ2v) is 5.84. The van der Waals surface area contributed by atoms with E-state index < -0.39 is 42.4 Å². The molecular weight excluding hydrogens is 320 g/mol. The molecule has 24 heavy (non-hydrogen) atoms. The molecule has 4 N–H and O–H groups in total. The summed E-state index contributed by atoms with van der Waals surface area (Å²) in [4.78, 5) is 11.3. The zero-order chi connectivity index (χ0) is 17.5. The lowest BCUT2D eigenvalue weighted by atomic mass is 9.93. The van der Waals surface area contributed by atoms with Crippen molar-refractivity contribution in [2.24, 2.45) is 0 Å². The maximum Gasteiger partial charge on any atom is 0.336 e. The number of aliphatic hydroxyl groups is 4. The van der Waals surface area contributed by atoms with E-state index in [1.54, 1.807) is 18.2 Å². The van der Waals surface area contributed by atoms with Gasteiger partial charge in [0.2, 0.25) is 5.79 Å². The van der Waals surface area contributed by atoms with Crippen LogP contribution >= 0.6 is 0 Å². The van der Waals surface area contributed by atoms with Gasteiger partial charge in [-0.15, -0.1) is 0 Å². The van der Waals surface area contributed by atoms with Crippen LogP contribution in [0.3, 0.4) is 0 Å². The lowest BCUT2D eigenvalue weighted by Crippen LogP contribution is -2.66. The monoisotopic (exact) mass is 338 g/mol. The lowest BCUT2D eigenvalue weighted by molar-refractivity contribution is -0.329. The van der Waals surface area contributed by atoms with Gasteiger partial charge in [-0.2, -0.15) is 0 Å². The quantitative estimate of drug-likeness (QED) is 0.544. The van der Waals surface area contributed by atoms with Crippen molar-refractivity contribution in [3.05, 3.63) is 40.8 Å². The van der Waals surface area contributed by atoms with Gasteiger partial charge in [-0.1, -0.05) is 0 Å². The first-order valence-corrected chi connectivity index (χ1v) is 7.40. The van der Waals surface area contributed by atoms with E-state index in [-0.39, 0.29) is 11.3 Å². The molecule has 0 spiro atoms. The standard InChI is InChI=1S/C16H18O8/c1-16(15(21)14(20)13(19)11(7-17)24-16)23-9-4-2-8-3-5-12(18)22-10(8)6-9/h2-6,11,13-15,17,19-21H,7H2,1H3/t11-,13-,14+,15-,16?/m1/s1. The molecule has 0 bridgehead atoms. The first kappa shape index (κ1) is 16.9. The van der Waals surface area contributed by atoms with E-state index >= 15 is 0 Å². The average molecular weight is 338 g/mol. The minimum Gasteiger partial charge on any atom is -0.460 e. The van der Waals surface area contributed by atoms with Crippen LogP contribution in [0.15, 0.2) is 39.5 Å². The smallest absolute Gasteiger partial charge is 0.336 e. The van der Waals surface area contributed by atoms with Crippen molar-refractivity contribution in [3.8, 4) is 5.75 Å². The van der Waals surface area contributed by atoms with E-state index in [1.807, 2.05) is 0 Å². The van der Waals surface area contributed by atoms with Gasteiger partial charge in [0.1, 0.15) is 35.7 Å². The number of aliphatic hydroxyl groups excluding tert-OH is 4. The summed E-state index contributed by atoms with van der Waals surface area (Å²) in [6.07, 6.45) is -5.68. The van der Waals surface area contributed by atoms with Gasteiger partial charge in [0, 0.05) is 24.4 Å². The molecule has 0 radical (unpaired) electrons. The van der Waals surface area contributed by atoms with Gasteiger partial charge in [0.05, 0.1) is 6.61 Å². The van der Waals surface area contributed by atoms with E-state index in [2.05, 4.69) is 0 Å². The summed E-state index contributed by atoms with van der Waals surface area (Å²) in [5.74, 6) is -1.49. The van der Waals surface area contributed by atoms with Crippen LogP contribution in [-0.4, -0.2) is 57.2 Å². The van der Waals surface area contributed by atoms with Crippen molar-refractivity contribution >= 4 is 11.0 Å². The molecule has 1 aliphatic heterocycles. The maximum absolute atomic E-state index is 11.3. The number of hydrogen-bond donors (Lipinski definition) is 4. The second-order valence-electron chi connectivity index (χ2n) is 5.84. The summed E-state index contributed by atoms with van der Waals surface area (Å²) in [5.41, 5.74) is -0.230. The van der Waals surface area contributed by atoms with Crippen molar-refractivity contribution in [1.29, 1.82) is 0 Å². The van der Waals surface area contributed by atoms with Crippen LogP contribution in [0.5, 0.6) is 5.75 Å². The minimum atomic E-state index is -1.71. The Labute approximate surface area is 136 Å². The van der Waals surface area contributed by atoms with Gasteiger partial charge in [0.15, 0.2) is 0 Å². The molecular formula is C16H18O8. The number of benzene rings is 1. The number of hydrogen-bond acceptors (Lipinski definition) is 8. The van der Waals surface area contributed by atoms with E-state index in [1.165, 1.54) is 19.1 Å². The maximum atomic E-state index is 11.3. The summed E-state index contributed by atoms with van der Waals surface area (Å²) >= 11 is 0. The van der Waals surface area contributed by atoms with Gasteiger partial charge in [-0.25, -0.2) is 4.79 Å². The molecule has 8 heteroatoms. The highest BCUT2D eigenvalue weighted by atomic mass is 16.7. The van der Waals surface area contributed by atoms with Crippen LogP contribution in [0, 0.1) is 0 Å². The number of rotatable bonds is 3. The predicted octanol–water partition coefficient (Wildman–Crippen LogP) is -0.638. The van der Waals surface area contributed by atoms with Gasteiger partial charge in [0.25, 0.3) is 0 Å². The Bertz CT molecular complexity index is 785. The summed E-state index contributed by atoms with van der Waals surface area (Å²) in [7, 11) is 0. The van der Waals surface area contributed by atoms with E-state index in [4.69, 9.17) is 13.9 Å². The summed E-state index contributed by atoms with van der Waals surface area (Å²) in [6, 6.07) is 7.57. The van der Waals surface area contributed by atoms with E-state index in [9.17, 15) is 25.2 Å². The molecule has 0 amide bonds. The predicted molar refractivity (Wildman–Crippen MR) is 81.5 cm³/mol. The van der Waals surface area contributed by atoms with Gasteiger partial charge in [-0.05, 0) is 18.2 Å². The first-order chi connectivity index (χ1) is 11.3. The van der Waals surface area contributed by atoms with Crippen LogP contribution in [-0.2, 0) is 4.74 Å². The van der Waals surface area contributed by atoms with E-state index in [0.717, 1.165) is 0 Å². The Morgan fingerprint density at radius 2 is 1.88 bits per heavy atom. The summed E-state index contributed by atoms with van der Waals surface area (Å²) < 4.78 is 16.1. The topological polar surface area (TPSA) is 130 Å². The average Bonchev–Trinajstić information content (AvgIpc) is 2.56. The molecule has 1 aromatic carbocycles. The molecule has 3 rings (SSSR count). The number of fused-ring (bicyclic) bond motifs is 1. The van der Waals surface area contributed by atoms with Crippen LogP contribution in [0.25, 0.3) is 11.0 Å². The fourth-order valence-electron chi connectivity index (χ4n) is 2.73. The third kappa shape index (κ3) is 2.90. The summed E-state index contributed by atoms with van der Waals surface area (Å²) in [5, 5.41) is 39.8. The molecule has 130 valence electrons. The molecule has 8 nitrogen and oxygen atoms in total. The van der Waals surface area contributed by atoms with Gasteiger partial charge < -0.3 is 34.3 Å². The fraction of sp³-hybridized carbons (Fsp3) is 0.438. The molecule has 0 aliphatic carbocycles. The van der Waals surface area contributed by atoms with Crippen molar-refractivity contribution in [2.75, 3.05) is 6.61 Å². The fourth-order valence-corrected chi connectivity index (χ4v) is 2.73. The zero-order valence-electron chi connectivity index (χ0n) is 12.8. The van der Waals surface area contributed by atoms with Gasteiger partial charge in [-0.3, -0.25) is 0 Å². The van der Waals surface area contributed by atoms with Crippen molar-refractivity contribution < 1.29 is 34.3 Å². The van der Waals surface area contributed by atoms with Crippen LogP contribution < -0.4 is 10.4 Å². The van der Waals surface area contributed by atoms with Crippen molar-refractivity contribution in [2.45, 2.75) is 37.1 Å². The Morgan fingerprint density at radius 3 is 2.58 bits per heavy atom. The summed E-state index contributed by atoms with van der Waals surface area (Å²) in [6.45, 7) is 0.817. The van der Waals surface area contributed by atoms with Crippen molar-refractivity contribution in [3.63, 3.8) is 0 Å². The molecule has 1 aromatic heterocycles. The molecule has 1 fully saturated rings. The molecule has 1 aliphatic rings. The molecule has 5 atom stereocenters. The third-order valence-corrected chi connectivity index (χ3v) is 4.07. The van der Waals surface area contributed by atoms with Gasteiger partial charge >= 0.3 is 5.63 Å². The Hall–Kier alpha value is -1.97. The Balaban J connectivity index is 1.92. The van der Waals surface area contributed by atoms with Crippen molar-refractivity contribution in [1.82, 2.24) is 0 Å². The highest BCUT2D eigenvalue weighted by Crippen LogP contribution is 2.33. The number of ether oxygens (including phenoxy) is 2. The van der Waals surface area contributed by atoms with Crippen LogP contribution in [0.1, 0.15) is 6.92 Å². The highest BCUT2D eigenvalue weighted by Gasteiger charge is 2.52. The molecule has 1 saturated heterocycles. The van der Waals surface area contributed by atoms with Crippen LogP contribution in [0.2, 0.25) is 0 Å².